The van der Waals surface area contributed by atoms with Crippen LogP contribution in [0.25, 0.3) is 0 Å². The summed E-state index contributed by atoms with van der Waals surface area (Å²) in [5.41, 5.74) is 7.13. The van der Waals surface area contributed by atoms with Crippen LogP contribution in [0.4, 0.5) is 4.39 Å². The Labute approximate surface area is 176 Å². The quantitative estimate of drug-likeness (QED) is 0.376. The summed E-state index contributed by atoms with van der Waals surface area (Å²) < 4.78 is 13.7. The summed E-state index contributed by atoms with van der Waals surface area (Å²) in [6.07, 6.45) is 4.72. The zero-order chi connectivity index (χ0) is 21.2. The number of rotatable bonds is 8. The largest absolute Gasteiger partial charge is 0.480 e. The third-order valence-corrected chi connectivity index (χ3v) is 6.92. The highest BCUT2D eigenvalue weighted by molar-refractivity contribution is 6.40. The van der Waals surface area contributed by atoms with E-state index in [1.54, 1.807) is 6.07 Å². The molecule has 9 heteroatoms. The number of halogens is 2. The van der Waals surface area contributed by atoms with Crippen LogP contribution >= 0.6 is 11.6 Å². The molecule has 0 radical (unpaired) electrons. The Morgan fingerprint density at radius 2 is 1.97 bits per heavy atom. The number of benzene rings is 1. The molecule has 2 atom stereocenters. The number of carboxylic acid groups (broad SMARTS) is 1. The SMILES string of the molecule is NC(CCCCB(O)O)(C(=O)O)C1CCN(C2CCc3cc(F)c(Cl)cc32)CC1. The molecule has 0 saturated carbocycles. The summed E-state index contributed by atoms with van der Waals surface area (Å²) in [4.78, 5) is 14.3. The number of nitrogens with two attached hydrogens (primary N) is 1. The van der Waals surface area contributed by atoms with Gasteiger partial charge in [0.2, 0.25) is 0 Å². The van der Waals surface area contributed by atoms with Gasteiger partial charge >= 0.3 is 13.1 Å². The molecule has 1 aromatic rings. The van der Waals surface area contributed by atoms with Crippen molar-refractivity contribution in [1.82, 2.24) is 4.90 Å². The maximum Gasteiger partial charge on any atom is 0.451 e. The number of carbonyl (C=O) groups is 1. The van der Waals surface area contributed by atoms with Gasteiger partial charge in [-0.05, 0) is 80.7 Å². The van der Waals surface area contributed by atoms with Crippen molar-refractivity contribution in [3.63, 3.8) is 0 Å². The van der Waals surface area contributed by atoms with Gasteiger partial charge in [0.1, 0.15) is 11.4 Å². The molecule has 6 nitrogen and oxygen atoms in total. The first-order valence-electron chi connectivity index (χ1n) is 10.3. The molecular weight excluding hydrogens is 397 g/mol. The third kappa shape index (κ3) is 4.94. The summed E-state index contributed by atoms with van der Waals surface area (Å²) in [5.74, 6) is -1.50. The normalized spacial score (nSPS) is 22.3. The van der Waals surface area contributed by atoms with Crippen LogP contribution in [0.15, 0.2) is 12.1 Å². The number of likely N-dealkylation sites (tertiary alicyclic amines) is 1. The molecule has 3 rings (SSSR count). The van der Waals surface area contributed by atoms with Crippen molar-refractivity contribution in [2.75, 3.05) is 13.1 Å². The number of fused-ring (bicyclic) bond motifs is 1. The van der Waals surface area contributed by atoms with Crippen LogP contribution in [0.2, 0.25) is 11.3 Å². The van der Waals surface area contributed by atoms with Crippen molar-refractivity contribution in [1.29, 1.82) is 0 Å². The molecule has 1 fully saturated rings. The number of nitrogens with zero attached hydrogens (tertiary/aromatic N) is 1. The Morgan fingerprint density at radius 1 is 1.28 bits per heavy atom. The van der Waals surface area contributed by atoms with Gasteiger partial charge in [-0.3, -0.25) is 9.69 Å². The lowest BCUT2D eigenvalue weighted by Gasteiger charge is -2.42. The van der Waals surface area contributed by atoms with Crippen LogP contribution in [-0.2, 0) is 11.2 Å². The smallest absolute Gasteiger partial charge is 0.451 e. The van der Waals surface area contributed by atoms with Crippen molar-refractivity contribution in [3.8, 4) is 0 Å². The summed E-state index contributed by atoms with van der Waals surface area (Å²) in [5, 5.41) is 27.8. The molecule has 1 aliphatic carbocycles. The molecule has 160 valence electrons. The fraction of sp³-hybridized carbons (Fsp3) is 0.650. The van der Waals surface area contributed by atoms with E-state index >= 15 is 0 Å². The van der Waals surface area contributed by atoms with E-state index in [4.69, 9.17) is 27.4 Å². The summed E-state index contributed by atoms with van der Waals surface area (Å²) in [7, 11) is -1.37. The molecule has 1 aromatic carbocycles. The van der Waals surface area contributed by atoms with Crippen LogP contribution in [-0.4, -0.2) is 51.8 Å². The van der Waals surface area contributed by atoms with Gasteiger partial charge in [-0.1, -0.05) is 24.4 Å². The first-order valence-corrected chi connectivity index (χ1v) is 10.7. The lowest BCUT2D eigenvalue weighted by Crippen LogP contribution is -2.57. The van der Waals surface area contributed by atoms with Gasteiger partial charge in [0.25, 0.3) is 0 Å². The lowest BCUT2D eigenvalue weighted by molar-refractivity contribution is -0.147. The van der Waals surface area contributed by atoms with E-state index in [1.807, 2.05) is 0 Å². The Morgan fingerprint density at radius 3 is 2.59 bits per heavy atom. The molecular formula is C20H29BClFN2O4. The van der Waals surface area contributed by atoms with Gasteiger partial charge in [0, 0.05) is 6.04 Å². The molecule has 1 aliphatic heterocycles. The van der Waals surface area contributed by atoms with Crippen LogP contribution in [0.1, 0.15) is 55.7 Å². The minimum absolute atomic E-state index is 0.132. The van der Waals surface area contributed by atoms with Crippen molar-refractivity contribution >= 4 is 24.7 Å². The number of hydrogen-bond donors (Lipinski definition) is 4. The number of carboxylic acids is 1. The second-order valence-electron chi connectivity index (χ2n) is 8.40. The summed E-state index contributed by atoms with van der Waals surface area (Å²) in [6.45, 7) is 1.48. The average molecular weight is 427 g/mol. The second-order valence-corrected chi connectivity index (χ2v) is 8.81. The molecule has 5 N–H and O–H groups in total. The van der Waals surface area contributed by atoms with Crippen molar-refractivity contribution in [3.05, 3.63) is 34.1 Å². The lowest BCUT2D eigenvalue weighted by atomic mass is 9.74. The maximum atomic E-state index is 13.7. The van der Waals surface area contributed by atoms with E-state index in [-0.39, 0.29) is 29.1 Å². The number of aryl methyl sites for hydroxylation is 1. The Hall–Kier alpha value is -1.19. The van der Waals surface area contributed by atoms with Gasteiger partial charge in [-0.25, -0.2) is 4.39 Å². The minimum atomic E-state index is -1.37. The van der Waals surface area contributed by atoms with Gasteiger partial charge < -0.3 is 20.9 Å². The molecule has 0 spiro atoms. The zero-order valence-electron chi connectivity index (χ0n) is 16.5. The topological polar surface area (TPSA) is 107 Å². The first-order chi connectivity index (χ1) is 13.7. The van der Waals surface area contributed by atoms with Crippen LogP contribution < -0.4 is 5.73 Å². The summed E-state index contributed by atoms with van der Waals surface area (Å²) >= 11 is 5.99. The predicted molar refractivity (Wildman–Crippen MR) is 110 cm³/mol. The standard InChI is InChI=1S/C20H29BClFN2O4/c22-16-12-15-13(11-17(16)23)3-4-18(15)25-9-5-14(6-10-25)20(24,19(26)27)7-1-2-8-21(28)29/h11-12,14,18,28-29H,1-10,24H2,(H,26,27). The van der Waals surface area contributed by atoms with Crippen LogP contribution in [0.3, 0.4) is 0 Å². The molecule has 0 bridgehead atoms. The van der Waals surface area contributed by atoms with Gasteiger partial charge in [0.05, 0.1) is 5.02 Å². The highest BCUT2D eigenvalue weighted by Gasteiger charge is 2.44. The second kappa shape index (κ2) is 9.31. The van der Waals surface area contributed by atoms with E-state index < -0.39 is 18.6 Å². The van der Waals surface area contributed by atoms with Crippen molar-refractivity contribution in [2.45, 2.75) is 62.8 Å². The molecule has 2 unspecified atom stereocenters. The van der Waals surface area contributed by atoms with E-state index in [1.165, 1.54) is 6.07 Å². The molecule has 0 aromatic heterocycles. The van der Waals surface area contributed by atoms with Gasteiger partial charge in [0.15, 0.2) is 0 Å². The number of aliphatic carboxylic acids is 1. The minimum Gasteiger partial charge on any atom is -0.480 e. The number of piperidine rings is 1. The fourth-order valence-electron chi connectivity index (χ4n) is 4.91. The van der Waals surface area contributed by atoms with Crippen molar-refractivity contribution in [2.24, 2.45) is 11.7 Å². The van der Waals surface area contributed by atoms with E-state index in [9.17, 15) is 14.3 Å². The molecule has 29 heavy (non-hydrogen) atoms. The monoisotopic (exact) mass is 426 g/mol. The Balaban J connectivity index is 1.61. The van der Waals surface area contributed by atoms with Gasteiger partial charge in [-0.2, -0.15) is 0 Å². The highest BCUT2D eigenvalue weighted by Crippen LogP contribution is 2.41. The van der Waals surface area contributed by atoms with E-state index in [2.05, 4.69) is 4.90 Å². The predicted octanol–water partition coefficient (Wildman–Crippen LogP) is 2.60. The van der Waals surface area contributed by atoms with Crippen molar-refractivity contribution < 1.29 is 24.3 Å². The average Bonchev–Trinajstić information content (AvgIpc) is 3.07. The molecule has 0 amide bonds. The molecule has 1 saturated heterocycles. The zero-order valence-corrected chi connectivity index (χ0v) is 17.2. The van der Waals surface area contributed by atoms with E-state index in [0.29, 0.717) is 32.1 Å². The first kappa shape index (κ1) is 22.5. The van der Waals surface area contributed by atoms with E-state index in [0.717, 1.165) is 37.1 Å². The molecule has 2 aliphatic rings. The number of unbranched alkanes of at least 4 members (excludes halogenated alkanes) is 1. The third-order valence-electron chi connectivity index (χ3n) is 6.63. The number of hydrogen-bond acceptors (Lipinski definition) is 5. The maximum absolute atomic E-state index is 13.7. The summed E-state index contributed by atoms with van der Waals surface area (Å²) in [6, 6.07) is 3.45. The van der Waals surface area contributed by atoms with Crippen LogP contribution in [0, 0.1) is 11.7 Å². The highest BCUT2D eigenvalue weighted by atomic mass is 35.5. The Kier molecular flexibility index (Phi) is 7.22. The fourth-order valence-corrected chi connectivity index (χ4v) is 5.09. The Bertz CT molecular complexity index is 745. The van der Waals surface area contributed by atoms with Gasteiger partial charge in [-0.15, -0.1) is 0 Å². The molecule has 1 heterocycles. The van der Waals surface area contributed by atoms with Crippen LogP contribution in [0.5, 0.6) is 0 Å².